The molecule has 0 radical (unpaired) electrons. The number of pyridine rings is 1. The Morgan fingerprint density at radius 1 is 1.60 bits per heavy atom. The Bertz CT molecular complexity index is 323. The van der Waals surface area contributed by atoms with Crippen LogP contribution in [0.2, 0.25) is 0 Å². The van der Waals surface area contributed by atoms with E-state index in [0.29, 0.717) is 6.61 Å². The number of alkyl carbamates (subject to hydrolysis) is 1. The monoisotopic (exact) mass is 208 g/mol. The number of nitrogens with zero attached hydrogens (tertiary/aromatic N) is 1. The van der Waals surface area contributed by atoms with Crippen LogP contribution in [0.15, 0.2) is 24.5 Å². The molecule has 4 nitrogen and oxygen atoms in total. The van der Waals surface area contributed by atoms with Gasteiger partial charge in [0.25, 0.3) is 0 Å². The molecule has 0 spiro atoms. The number of hydrogen-bond acceptors (Lipinski definition) is 3. The molecule has 1 aromatic heterocycles. The first-order valence-corrected chi connectivity index (χ1v) is 4.91. The van der Waals surface area contributed by atoms with Gasteiger partial charge in [0.15, 0.2) is 0 Å². The number of hydrogen-bond donors (Lipinski definition) is 1. The summed E-state index contributed by atoms with van der Waals surface area (Å²) in [6.45, 7) is 5.95. The van der Waals surface area contributed by atoms with Gasteiger partial charge in [0, 0.05) is 12.4 Å². The molecule has 0 saturated heterocycles. The molecular weight excluding hydrogens is 192 g/mol. The van der Waals surface area contributed by atoms with Crippen molar-refractivity contribution in [1.82, 2.24) is 10.3 Å². The molecule has 15 heavy (non-hydrogen) atoms. The third kappa shape index (κ3) is 3.23. The third-order valence-electron chi connectivity index (χ3n) is 2.07. The maximum Gasteiger partial charge on any atom is 0.407 e. The quantitative estimate of drug-likeness (QED) is 0.827. The second-order valence-electron chi connectivity index (χ2n) is 3.71. The lowest BCUT2D eigenvalue weighted by Crippen LogP contribution is -2.41. The van der Waals surface area contributed by atoms with Gasteiger partial charge in [-0.1, -0.05) is 6.07 Å². The van der Waals surface area contributed by atoms with Crippen LogP contribution in [-0.4, -0.2) is 17.7 Å². The summed E-state index contributed by atoms with van der Waals surface area (Å²) < 4.78 is 4.83. The minimum absolute atomic E-state index is 0.370. The molecule has 1 rings (SSSR count). The first-order chi connectivity index (χ1) is 7.06. The van der Waals surface area contributed by atoms with Crippen molar-refractivity contribution in [2.24, 2.45) is 0 Å². The zero-order valence-corrected chi connectivity index (χ0v) is 9.28. The van der Waals surface area contributed by atoms with Crippen LogP contribution in [-0.2, 0) is 10.3 Å². The van der Waals surface area contributed by atoms with Gasteiger partial charge in [-0.3, -0.25) is 4.98 Å². The average Bonchev–Trinajstić information content (AvgIpc) is 2.18. The van der Waals surface area contributed by atoms with E-state index < -0.39 is 11.6 Å². The summed E-state index contributed by atoms with van der Waals surface area (Å²) >= 11 is 0. The molecule has 0 fully saturated rings. The van der Waals surface area contributed by atoms with E-state index >= 15 is 0 Å². The fraction of sp³-hybridized carbons (Fsp3) is 0.455. The number of ether oxygens (including phenoxy) is 1. The summed E-state index contributed by atoms with van der Waals surface area (Å²) in [5.74, 6) is 0. The molecule has 0 aliphatic heterocycles. The van der Waals surface area contributed by atoms with Gasteiger partial charge < -0.3 is 10.1 Å². The normalized spacial score (nSPS) is 10.9. The van der Waals surface area contributed by atoms with Gasteiger partial charge >= 0.3 is 6.09 Å². The lowest BCUT2D eigenvalue weighted by atomic mass is 9.96. The van der Waals surface area contributed by atoms with Crippen molar-refractivity contribution in [2.45, 2.75) is 26.3 Å². The fourth-order valence-corrected chi connectivity index (χ4v) is 1.23. The average molecular weight is 208 g/mol. The highest BCUT2D eigenvalue weighted by Crippen LogP contribution is 2.18. The van der Waals surface area contributed by atoms with Gasteiger partial charge in [0.1, 0.15) is 0 Å². The molecule has 4 heteroatoms. The SMILES string of the molecule is CCOC(=O)NC(C)(C)c1cccnc1. The van der Waals surface area contributed by atoms with Crippen LogP contribution in [0.25, 0.3) is 0 Å². The molecule has 0 saturated carbocycles. The van der Waals surface area contributed by atoms with Crippen LogP contribution in [0.3, 0.4) is 0 Å². The number of carbonyl (C=O) groups is 1. The standard InChI is InChI=1S/C11H16N2O2/c1-4-15-10(14)13-11(2,3)9-6-5-7-12-8-9/h5-8H,4H2,1-3H3,(H,13,14). The number of amides is 1. The van der Waals surface area contributed by atoms with E-state index in [2.05, 4.69) is 10.3 Å². The largest absolute Gasteiger partial charge is 0.450 e. The summed E-state index contributed by atoms with van der Waals surface area (Å²) in [6.07, 6.45) is 3.02. The highest BCUT2D eigenvalue weighted by Gasteiger charge is 2.23. The van der Waals surface area contributed by atoms with Crippen molar-refractivity contribution in [3.63, 3.8) is 0 Å². The van der Waals surface area contributed by atoms with E-state index in [1.807, 2.05) is 26.0 Å². The molecule has 0 atom stereocenters. The van der Waals surface area contributed by atoms with Crippen molar-refractivity contribution < 1.29 is 9.53 Å². The minimum atomic E-state index is -0.472. The molecular formula is C11H16N2O2. The minimum Gasteiger partial charge on any atom is -0.450 e. The molecule has 1 N–H and O–H groups in total. The van der Waals surface area contributed by atoms with Crippen molar-refractivity contribution >= 4 is 6.09 Å². The van der Waals surface area contributed by atoms with Crippen LogP contribution in [0.4, 0.5) is 4.79 Å². The maximum atomic E-state index is 11.3. The zero-order valence-electron chi connectivity index (χ0n) is 9.28. The molecule has 0 aromatic carbocycles. The Labute approximate surface area is 89.7 Å². The zero-order chi connectivity index (χ0) is 11.3. The summed E-state index contributed by atoms with van der Waals surface area (Å²) in [6, 6.07) is 3.75. The molecule has 1 heterocycles. The van der Waals surface area contributed by atoms with E-state index in [1.165, 1.54) is 0 Å². The molecule has 0 aliphatic carbocycles. The van der Waals surface area contributed by atoms with Crippen LogP contribution in [0.1, 0.15) is 26.3 Å². The predicted octanol–water partition coefficient (Wildman–Crippen LogP) is 2.06. The Morgan fingerprint density at radius 2 is 2.33 bits per heavy atom. The van der Waals surface area contributed by atoms with Gasteiger partial charge in [0.2, 0.25) is 0 Å². The molecule has 0 bridgehead atoms. The van der Waals surface area contributed by atoms with Gasteiger partial charge in [0.05, 0.1) is 12.1 Å². The topological polar surface area (TPSA) is 51.2 Å². The Morgan fingerprint density at radius 3 is 2.87 bits per heavy atom. The Hall–Kier alpha value is -1.58. The first kappa shape index (κ1) is 11.5. The van der Waals surface area contributed by atoms with Crippen LogP contribution in [0.5, 0.6) is 0 Å². The summed E-state index contributed by atoms with van der Waals surface area (Å²) in [4.78, 5) is 15.3. The van der Waals surface area contributed by atoms with E-state index in [9.17, 15) is 4.79 Å². The maximum absolute atomic E-state index is 11.3. The van der Waals surface area contributed by atoms with Gasteiger partial charge in [-0.05, 0) is 32.4 Å². The summed E-state index contributed by atoms with van der Waals surface area (Å²) in [7, 11) is 0. The molecule has 0 unspecified atom stereocenters. The van der Waals surface area contributed by atoms with Crippen molar-refractivity contribution in [3.8, 4) is 0 Å². The van der Waals surface area contributed by atoms with Gasteiger partial charge in [-0.2, -0.15) is 0 Å². The summed E-state index contributed by atoms with van der Waals surface area (Å²) in [5, 5.41) is 2.77. The second kappa shape index (κ2) is 4.77. The van der Waals surface area contributed by atoms with E-state index in [-0.39, 0.29) is 0 Å². The third-order valence-corrected chi connectivity index (χ3v) is 2.07. The van der Waals surface area contributed by atoms with E-state index in [4.69, 9.17) is 4.74 Å². The number of carbonyl (C=O) groups excluding carboxylic acids is 1. The smallest absolute Gasteiger partial charge is 0.407 e. The van der Waals surface area contributed by atoms with Crippen LogP contribution >= 0.6 is 0 Å². The van der Waals surface area contributed by atoms with Crippen LogP contribution < -0.4 is 5.32 Å². The second-order valence-corrected chi connectivity index (χ2v) is 3.71. The lowest BCUT2D eigenvalue weighted by molar-refractivity contribution is 0.141. The number of rotatable bonds is 3. The van der Waals surface area contributed by atoms with Crippen molar-refractivity contribution in [3.05, 3.63) is 30.1 Å². The van der Waals surface area contributed by atoms with Gasteiger partial charge in [-0.25, -0.2) is 4.79 Å². The molecule has 1 amide bonds. The summed E-state index contributed by atoms with van der Waals surface area (Å²) in [5.41, 5.74) is 0.471. The Balaban J connectivity index is 2.71. The highest BCUT2D eigenvalue weighted by atomic mass is 16.5. The number of nitrogens with one attached hydrogen (secondary N) is 1. The van der Waals surface area contributed by atoms with Crippen molar-refractivity contribution in [2.75, 3.05) is 6.61 Å². The van der Waals surface area contributed by atoms with Crippen molar-refractivity contribution in [1.29, 1.82) is 0 Å². The van der Waals surface area contributed by atoms with E-state index in [1.54, 1.807) is 19.3 Å². The highest BCUT2D eigenvalue weighted by molar-refractivity contribution is 5.68. The molecule has 82 valence electrons. The molecule has 0 aliphatic rings. The Kier molecular flexibility index (Phi) is 3.66. The van der Waals surface area contributed by atoms with Crippen LogP contribution in [0, 0.1) is 0 Å². The fourth-order valence-electron chi connectivity index (χ4n) is 1.23. The van der Waals surface area contributed by atoms with E-state index in [0.717, 1.165) is 5.56 Å². The molecule has 1 aromatic rings. The lowest BCUT2D eigenvalue weighted by Gasteiger charge is -2.25. The first-order valence-electron chi connectivity index (χ1n) is 4.91. The predicted molar refractivity (Wildman–Crippen MR) is 57.4 cm³/mol. The number of aromatic nitrogens is 1. The van der Waals surface area contributed by atoms with Gasteiger partial charge in [-0.15, -0.1) is 0 Å².